The van der Waals surface area contributed by atoms with Gasteiger partial charge in [0.25, 0.3) is 5.91 Å². The lowest BCUT2D eigenvalue weighted by molar-refractivity contribution is -0.117. The van der Waals surface area contributed by atoms with Gasteiger partial charge in [-0.3, -0.25) is 9.59 Å². The fourth-order valence-electron chi connectivity index (χ4n) is 3.97. The third-order valence-corrected chi connectivity index (χ3v) is 6.12. The minimum absolute atomic E-state index is 0.0225. The third-order valence-electron chi connectivity index (χ3n) is 5.89. The topological polar surface area (TPSA) is 150 Å². The summed E-state index contributed by atoms with van der Waals surface area (Å²) in [5, 5.41) is 26.6. The van der Waals surface area contributed by atoms with Gasteiger partial charge in [-0.2, -0.15) is 5.26 Å². The second kappa shape index (κ2) is 12.3. The van der Waals surface area contributed by atoms with Gasteiger partial charge in [-0.25, -0.2) is 4.98 Å². The number of nitrogens with one attached hydrogen (secondary N) is 2. The number of rotatable bonds is 8. The number of carbonyl (C=O) groups is 2. The van der Waals surface area contributed by atoms with Crippen LogP contribution in [0.15, 0.2) is 72.8 Å². The molecule has 5 N–H and O–H groups in total. The number of benzene rings is 3. The Bertz CT molecular complexity index is 1630. The first kappa shape index (κ1) is 28.1. The Morgan fingerprint density at radius 1 is 1.07 bits per heavy atom. The van der Waals surface area contributed by atoms with E-state index in [1.54, 1.807) is 73.7 Å². The van der Waals surface area contributed by atoms with Crippen molar-refractivity contribution in [1.82, 2.24) is 4.98 Å². The second-order valence-corrected chi connectivity index (χ2v) is 9.23. The summed E-state index contributed by atoms with van der Waals surface area (Å²) in [6, 6.07) is 21.2. The van der Waals surface area contributed by atoms with E-state index >= 15 is 0 Å². The van der Waals surface area contributed by atoms with Crippen LogP contribution in [0.1, 0.15) is 29.8 Å². The van der Waals surface area contributed by atoms with Gasteiger partial charge in [-0.05, 0) is 67.9 Å². The van der Waals surface area contributed by atoms with E-state index in [2.05, 4.69) is 21.7 Å². The van der Waals surface area contributed by atoms with Crippen molar-refractivity contribution in [1.29, 1.82) is 5.26 Å². The quantitative estimate of drug-likeness (QED) is 0.221. The lowest BCUT2D eigenvalue weighted by Crippen LogP contribution is -2.32. The van der Waals surface area contributed by atoms with Gasteiger partial charge < -0.3 is 26.2 Å². The van der Waals surface area contributed by atoms with Gasteiger partial charge in [0.1, 0.15) is 23.1 Å². The van der Waals surface area contributed by atoms with Crippen molar-refractivity contribution in [2.24, 2.45) is 5.73 Å². The van der Waals surface area contributed by atoms with Crippen LogP contribution >= 0.6 is 11.6 Å². The van der Waals surface area contributed by atoms with Crippen LogP contribution in [0, 0.1) is 11.3 Å². The van der Waals surface area contributed by atoms with Crippen molar-refractivity contribution in [3.8, 4) is 40.0 Å². The Kier molecular flexibility index (Phi) is 8.64. The molecule has 0 saturated heterocycles. The molecule has 0 aliphatic heterocycles. The Hall–Kier alpha value is -4.91. The molecule has 0 aliphatic carbocycles. The van der Waals surface area contributed by atoms with Crippen LogP contribution in [0.4, 0.5) is 11.5 Å². The number of para-hydroxylation sites is 1. The molecule has 0 spiro atoms. The number of aromatic nitrogens is 1. The van der Waals surface area contributed by atoms with Crippen LogP contribution in [0.2, 0.25) is 5.02 Å². The molecule has 40 heavy (non-hydrogen) atoms. The fourth-order valence-corrected chi connectivity index (χ4v) is 4.13. The number of anilines is 2. The molecule has 1 atom stereocenters. The smallest absolute Gasteiger partial charge is 0.260 e. The molecule has 0 bridgehead atoms. The summed E-state index contributed by atoms with van der Waals surface area (Å²) in [6.45, 7) is 3.74. The van der Waals surface area contributed by atoms with Crippen molar-refractivity contribution < 1.29 is 19.4 Å². The molecule has 1 aromatic heterocycles. The summed E-state index contributed by atoms with van der Waals surface area (Å²) >= 11 is 6.03. The highest BCUT2D eigenvalue weighted by atomic mass is 35.5. The minimum atomic E-state index is -0.722. The third kappa shape index (κ3) is 6.21. The molecule has 202 valence electrons. The molecule has 3 aromatic carbocycles. The van der Waals surface area contributed by atoms with Gasteiger partial charge >= 0.3 is 0 Å². The average Bonchev–Trinajstić information content (AvgIpc) is 2.93. The lowest BCUT2D eigenvalue weighted by Gasteiger charge is -2.16. The van der Waals surface area contributed by atoms with E-state index < -0.39 is 11.9 Å². The van der Waals surface area contributed by atoms with Crippen LogP contribution in [0.3, 0.4) is 0 Å². The molecule has 10 heteroatoms. The second-order valence-electron chi connectivity index (χ2n) is 8.79. The zero-order valence-corrected chi connectivity index (χ0v) is 22.5. The summed E-state index contributed by atoms with van der Waals surface area (Å²) < 4.78 is 5.59. The zero-order chi connectivity index (χ0) is 28.8. The van der Waals surface area contributed by atoms with Gasteiger partial charge in [0.15, 0.2) is 5.82 Å². The number of ether oxygens (including phenoxy) is 1. The highest BCUT2D eigenvalue weighted by Gasteiger charge is 2.21. The highest BCUT2D eigenvalue weighted by molar-refractivity contribution is 6.30. The first-order chi connectivity index (χ1) is 19.2. The van der Waals surface area contributed by atoms with Gasteiger partial charge in [0.05, 0.1) is 23.9 Å². The number of nitrogens with two attached hydrogens (primary N) is 1. The van der Waals surface area contributed by atoms with Gasteiger partial charge in [0.2, 0.25) is 5.91 Å². The number of phenolic OH excluding ortho intramolecular Hbond substituents is 1. The van der Waals surface area contributed by atoms with E-state index in [9.17, 15) is 20.0 Å². The summed E-state index contributed by atoms with van der Waals surface area (Å²) in [5.74, 6) is -0.682. The predicted octanol–water partition coefficient (Wildman–Crippen LogP) is 5.58. The summed E-state index contributed by atoms with van der Waals surface area (Å²) in [4.78, 5) is 30.1. The van der Waals surface area contributed by atoms with Gasteiger partial charge in [-0.1, -0.05) is 35.9 Å². The number of halogens is 1. The lowest BCUT2D eigenvalue weighted by atomic mass is 9.97. The number of hydrogen-bond acceptors (Lipinski definition) is 7. The number of aromatic hydroxyl groups is 1. The maximum atomic E-state index is 13.4. The number of phenols is 1. The number of carbonyl (C=O) groups excluding carboxylic acids is 2. The predicted molar refractivity (Wildman–Crippen MR) is 154 cm³/mol. The summed E-state index contributed by atoms with van der Waals surface area (Å²) in [5.41, 5.74) is 8.07. The summed E-state index contributed by atoms with van der Waals surface area (Å²) in [7, 11) is 0. The van der Waals surface area contributed by atoms with Crippen molar-refractivity contribution in [2.75, 3.05) is 17.2 Å². The van der Waals surface area contributed by atoms with E-state index in [-0.39, 0.29) is 34.3 Å². The SMILES string of the molecule is CCOc1ccccc1C(=O)Nc1nc(-c2ccc(Cl)cc2O)cc(-c2cccc(NC(=O)C(C)N)c2)c1C#N. The molecule has 1 heterocycles. The molecule has 0 aliphatic rings. The molecule has 4 rings (SSSR count). The van der Waals surface area contributed by atoms with E-state index in [0.29, 0.717) is 39.8 Å². The first-order valence-electron chi connectivity index (χ1n) is 12.4. The standard InChI is InChI=1S/C30H26ClN5O4/c1-3-40-27-10-5-4-9-22(27)30(39)36-28-24(16-32)23(15-25(35-28)21-12-11-19(31)14-26(21)37)18-7-6-8-20(13-18)34-29(38)17(2)33/h4-15,17,37H,3,33H2,1-2H3,(H,34,38)(H,35,36,39). The Balaban J connectivity index is 1.88. The molecule has 2 amide bonds. The number of pyridine rings is 1. The van der Waals surface area contributed by atoms with Crippen LogP contribution in [0.25, 0.3) is 22.4 Å². The minimum Gasteiger partial charge on any atom is -0.507 e. The Labute approximate surface area is 236 Å². The number of nitriles is 1. The van der Waals surface area contributed by atoms with Crippen molar-refractivity contribution in [2.45, 2.75) is 19.9 Å². The van der Waals surface area contributed by atoms with Crippen molar-refractivity contribution in [3.05, 3.63) is 88.9 Å². The van der Waals surface area contributed by atoms with E-state index in [1.807, 2.05) is 6.92 Å². The molecular formula is C30H26ClN5O4. The first-order valence-corrected chi connectivity index (χ1v) is 12.7. The number of hydrogen-bond donors (Lipinski definition) is 4. The molecule has 9 nitrogen and oxygen atoms in total. The van der Waals surface area contributed by atoms with Crippen LogP contribution in [-0.4, -0.2) is 34.6 Å². The largest absolute Gasteiger partial charge is 0.507 e. The Morgan fingerprint density at radius 2 is 1.85 bits per heavy atom. The highest BCUT2D eigenvalue weighted by Crippen LogP contribution is 2.37. The van der Waals surface area contributed by atoms with E-state index in [4.69, 9.17) is 22.1 Å². The van der Waals surface area contributed by atoms with Gasteiger partial charge in [0, 0.05) is 21.8 Å². The van der Waals surface area contributed by atoms with Crippen molar-refractivity contribution >= 4 is 34.9 Å². The maximum Gasteiger partial charge on any atom is 0.260 e. The monoisotopic (exact) mass is 555 g/mol. The van der Waals surface area contributed by atoms with Crippen LogP contribution in [0.5, 0.6) is 11.5 Å². The number of amides is 2. The molecule has 0 saturated carbocycles. The zero-order valence-electron chi connectivity index (χ0n) is 21.7. The molecule has 1 unspecified atom stereocenters. The van der Waals surface area contributed by atoms with E-state index in [0.717, 1.165) is 0 Å². The summed E-state index contributed by atoms with van der Waals surface area (Å²) in [6.07, 6.45) is 0. The van der Waals surface area contributed by atoms with Crippen molar-refractivity contribution in [3.63, 3.8) is 0 Å². The van der Waals surface area contributed by atoms with E-state index in [1.165, 1.54) is 6.07 Å². The molecule has 0 radical (unpaired) electrons. The maximum absolute atomic E-state index is 13.4. The van der Waals surface area contributed by atoms with Crippen LogP contribution < -0.4 is 21.1 Å². The fraction of sp³-hybridized carbons (Fsp3) is 0.133. The molecule has 4 aromatic rings. The molecular weight excluding hydrogens is 530 g/mol. The molecule has 0 fully saturated rings. The Morgan fingerprint density at radius 3 is 2.55 bits per heavy atom. The normalized spacial score (nSPS) is 11.3. The number of nitrogens with zero attached hydrogens (tertiary/aromatic N) is 2. The van der Waals surface area contributed by atoms with Gasteiger partial charge in [-0.15, -0.1) is 0 Å². The van der Waals surface area contributed by atoms with Crippen LogP contribution in [-0.2, 0) is 4.79 Å². The average molecular weight is 556 g/mol.